The van der Waals surface area contributed by atoms with Crippen LogP contribution in [0.3, 0.4) is 0 Å². The van der Waals surface area contributed by atoms with Gasteiger partial charge in [0.05, 0.1) is 24.7 Å². The predicted octanol–water partition coefficient (Wildman–Crippen LogP) is 1.56. The van der Waals surface area contributed by atoms with Gasteiger partial charge in [-0.15, -0.1) is 0 Å². The summed E-state index contributed by atoms with van der Waals surface area (Å²) in [5.41, 5.74) is 0.576. The molecule has 18 heavy (non-hydrogen) atoms. The van der Waals surface area contributed by atoms with Crippen LogP contribution in [0.1, 0.15) is 12.8 Å². The van der Waals surface area contributed by atoms with Gasteiger partial charge in [-0.2, -0.15) is 0 Å². The number of aliphatic hydroxyl groups is 1. The minimum Gasteiger partial charge on any atom is -0.496 e. The van der Waals surface area contributed by atoms with Gasteiger partial charge in [-0.05, 0) is 25.0 Å². The first-order valence-electron chi connectivity index (χ1n) is 5.87. The molecule has 0 amide bonds. The molecule has 1 aromatic carbocycles. The SMILES string of the molecule is COc1ccc(N(CCO)C2CC2)c([N+](=O)[O-])c1. The lowest BCUT2D eigenvalue weighted by Crippen LogP contribution is -2.29. The molecule has 0 aromatic heterocycles. The number of rotatable bonds is 6. The lowest BCUT2D eigenvalue weighted by molar-refractivity contribution is -0.384. The molecule has 1 aliphatic carbocycles. The van der Waals surface area contributed by atoms with Gasteiger partial charge in [0.15, 0.2) is 0 Å². The highest BCUT2D eigenvalue weighted by Crippen LogP contribution is 2.38. The van der Waals surface area contributed by atoms with Gasteiger partial charge >= 0.3 is 0 Å². The van der Waals surface area contributed by atoms with Crippen LogP contribution in [0.5, 0.6) is 5.75 Å². The second-order valence-corrected chi connectivity index (χ2v) is 4.26. The van der Waals surface area contributed by atoms with Gasteiger partial charge in [0, 0.05) is 12.6 Å². The molecular weight excluding hydrogens is 236 g/mol. The fourth-order valence-corrected chi connectivity index (χ4v) is 2.01. The third kappa shape index (κ3) is 2.53. The first-order chi connectivity index (χ1) is 8.67. The van der Waals surface area contributed by atoms with Crippen LogP contribution in [0, 0.1) is 10.1 Å². The Bertz CT molecular complexity index is 446. The van der Waals surface area contributed by atoms with E-state index in [-0.39, 0.29) is 12.3 Å². The van der Waals surface area contributed by atoms with E-state index in [4.69, 9.17) is 9.84 Å². The molecule has 6 nitrogen and oxygen atoms in total. The van der Waals surface area contributed by atoms with E-state index in [0.717, 1.165) is 12.8 Å². The van der Waals surface area contributed by atoms with Crippen molar-refractivity contribution in [2.45, 2.75) is 18.9 Å². The molecule has 1 aliphatic rings. The number of nitro benzene ring substituents is 1. The normalized spacial score (nSPS) is 14.3. The van der Waals surface area contributed by atoms with Crippen molar-refractivity contribution < 1.29 is 14.8 Å². The number of nitrogens with zero attached hydrogens (tertiary/aromatic N) is 2. The molecule has 0 atom stereocenters. The average molecular weight is 252 g/mol. The highest BCUT2D eigenvalue weighted by atomic mass is 16.6. The fraction of sp³-hybridized carbons (Fsp3) is 0.500. The summed E-state index contributed by atoms with van der Waals surface area (Å²) in [6.45, 7) is 0.400. The van der Waals surface area contributed by atoms with E-state index in [2.05, 4.69) is 0 Å². The van der Waals surface area contributed by atoms with Crippen molar-refractivity contribution in [2.75, 3.05) is 25.2 Å². The molecule has 0 bridgehead atoms. The van der Waals surface area contributed by atoms with Crippen LogP contribution < -0.4 is 9.64 Å². The Morgan fingerprint density at radius 2 is 2.28 bits per heavy atom. The van der Waals surface area contributed by atoms with Gasteiger partial charge in [0.1, 0.15) is 11.4 Å². The molecule has 1 N–H and O–H groups in total. The fourth-order valence-electron chi connectivity index (χ4n) is 2.01. The number of methoxy groups -OCH3 is 1. The molecular formula is C12H16N2O4. The summed E-state index contributed by atoms with van der Waals surface area (Å²) in [7, 11) is 1.48. The van der Waals surface area contributed by atoms with Crippen molar-refractivity contribution in [3.63, 3.8) is 0 Å². The largest absolute Gasteiger partial charge is 0.496 e. The van der Waals surface area contributed by atoms with Crippen molar-refractivity contribution >= 4 is 11.4 Å². The van der Waals surface area contributed by atoms with Crippen LogP contribution in [-0.2, 0) is 0 Å². The zero-order chi connectivity index (χ0) is 13.1. The lowest BCUT2D eigenvalue weighted by Gasteiger charge is -2.23. The number of nitro groups is 1. The van der Waals surface area contributed by atoms with Gasteiger partial charge in [-0.1, -0.05) is 0 Å². The maximum Gasteiger partial charge on any atom is 0.296 e. The van der Waals surface area contributed by atoms with Gasteiger partial charge in [-0.3, -0.25) is 10.1 Å². The summed E-state index contributed by atoms with van der Waals surface area (Å²) in [4.78, 5) is 12.6. The van der Waals surface area contributed by atoms with Crippen LogP contribution >= 0.6 is 0 Å². The molecule has 0 aliphatic heterocycles. The van der Waals surface area contributed by atoms with Gasteiger partial charge in [0.2, 0.25) is 0 Å². The summed E-state index contributed by atoms with van der Waals surface area (Å²) in [5.74, 6) is 0.463. The topological polar surface area (TPSA) is 75.8 Å². The van der Waals surface area contributed by atoms with Crippen molar-refractivity contribution in [1.29, 1.82) is 0 Å². The standard InChI is InChI=1S/C12H16N2O4/c1-18-10-4-5-11(12(8-10)14(16)17)13(6-7-15)9-2-3-9/h4-5,8-9,15H,2-3,6-7H2,1H3. The van der Waals surface area contributed by atoms with Crippen LogP contribution in [0.15, 0.2) is 18.2 Å². The summed E-state index contributed by atoms with van der Waals surface area (Å²) < 4.78 is 5.00. The van der Waals surface area contributed by atoms with E-state index in [1.807, 2.05) is 4.90 Å². The Morgan fingerprint density at radius 3 is 2.78 bits per heavy atom. The first-order valence-corrected chi connectivity index (χ1v) is 5.87. The Morgan fingerprint density at radius 1 is 1.56 bits per heavy atom. The van der Waals surface area contributed by atoms with E-state index >= 15 is 0 Å². The van der Waals surface area contributed by atoms with E-state index in [1.165, 1.54) is 13.2 Å². The van der Waals surface area contributed by atoms with Crippen LogP contribution in [0.4, 0.5) is 11.4 Å². The maximum atomic E-state index is 11.1. The van der Waals surface area contributed by atoms with Crippen molar-refractivity contribution in [3.8, 4) is 5.75 Å². The third-order valence-electron chi connectivity index (χ3n) is 3.02. The Kier molecular flexibility index (Phi) is 3.66. The second kappa shape index (κ2) is 5.22. The zero-order valence-corrected chi connectivity index (χ0v) is 10.2. The quantitative estimate of drug-likeness (QED) is 0.614. The molecule has 1 fully saturated rings. The van der Waals surface area contributed by atoms with E-state index in [1.54, 1.807) is 12.1 Å². The minimum absolute atomic E-state index is 0.0142. The van der Waals surface area contributed by atoms with Gasteiger partial charge in [-0.25, -0.2) is 0 Å². The molecule has 6 heteroatoms. The van der Waals surface area contributed by atoms with Crippen LogP contribution in [0.2, 0.25) is 0 Å². The number of benzene rings is 1. The molecule has 0 heterocycles. The smallest absolute Gasteiger partial charge is 0.296 e. The Hall–Kier alpha value is -1.82. The van der Waals surface area contributed by atoms with E-state index < -0.39 is 4.92 Å². The molecule has 0 unspecified atom stereocenters. The summed E-state index contributed by atoms with van der Waals surface area (Å²) >= 11 is 0. The number of ether oxygens (including phenoxy) is 1. The van der Waals surface area contributed by atoms with Crippen molar-refractivity contribution in [3.05, 3.63) is 28.3 Å². The van der Waals surface area contributed by atoms with Gasteiger partial charge < -0.3 is 14.7 Å². The van der Waals surface area contributed by atoms with Crippen molar-refractivity contribution in [2.24, 2.45) is 0 Å². The van der Waals surface area contributed by atoms with Gasteiger partial charge in [0.25, 0.3) is 5.69 Å². The molecule has 0 spiro atoms. The summed E-state index contributed by atoms with van der Waals surface area (Å²) in [5, 5.41) is 20.2. The third-order valence-corrected chi connectivity index (χ3v) is 3.02. The number of aliphatic hydroxyl groups excluding tert-OH is 1. The monoisotopic (exact) mass is 252 g/mol. The Labute approximate surface area is 105 Å². The summed E-state index contributed by atoms with van der Waals surface area (Å²) in [6, 6.07) is 5.12. The molecule has 0 saturated heterocycles. The number of anilines is 1. The molecule has 1 aromatic rings. The number of hydrogen-bond acceptors (Lipinski definition) is 5. The number of hydrogen-bond donors (Lipinski definition) is 1. The average Bonchev–Trinajstić information content (AvgIpc) is 3.19. The van der Waals surface area contributed by atoms with E-state index in [0.29, 0.717) is 24.0 Å². The maximum absolute atomic E-state index is 11.1. The van der Waals surface area contributed by atoms with Crippen LogP contribution in [0.25, 0.3) is 0 Å². The predicted molar refractivity (Wildman–Crippen MR) is 67.1 cm³/mol. The first kappa shape index (κ1) is 12.6. The lowest BCUT2D eigenvalue weighted by atomic mass is 10.2. The molecule has 2 rings (SSSR count). The minimum atomic E-state index is -0.412. The zero-order valence-electron chi connectivity index (χ0n) is 10.2. The highest BCUT2D eigenvalue weighted by molar-refractivity contribution is 5.66. The summed E-state index contributed by atoms with van der Waals surface area (Å²) in [6.07, 6.45) is 2.03. The van der Waals surface area contributed by atoms with E-state index in [9.17, 15) is 10.1 Å². The van der Waals surface area contributed by atoms with Crippen LogP contribution in [-0.4, -0.2) is 36.3 Å². The highest BCUT2D eigenvalue weighted by Gasteiger charge is 2.32. The molecule has 1 saturated carbocycles. The Balaban J connectivity index is 2.37. The molecule has 0 radical (unpaired) electrons. The second-order valence-electron chi connectivity index (χ2n) is 4.26. The van der Waals surface area contributed by atoms with Crippen molar-refractivity contribution in [1.82, 2.24) is 0 Å². The molecule has 98 valence electrons.